The van der Waals surface area contributed by atoms with Crippen LogP contribution in [0.4, 0.5) is 0 Å². The molecule has 22 heavy (non-hydrogen) atoms. The number of para-hydroxylation sites is 1. The van der Waals surface area contributed by atoms with E-state index in [1.165, 1.54) is 5.56 Å². The topological polar surface area (TPSA) is 22.0 Å². The number of fused-ring (bicyclic) bond motifs is 2. The van der Waals surface area contributed by atoms with Gasteiger partial charge in [-0.15, -0.1) is 0 Å². The zero-order chi connectivity index (χ0) is 14.9. The zero-order valence-corrected chi connectivity index (χ0v) is 12.1. The fourth-order valence-corrected chi connectivity index (χ4v) is 2.99. The molecule has 0 N–H and O–H groups in total. The highest BCUT2D eigenvalue weighted by atomic mass is 16.1. The Morgan fingerprint density at radius 1 is 0.773 bits per heavy atom. The van der Waals surface area contributed by atoms with E-state index in [1.54, 1.807) is 6.07 Å². The third kappa shape index (κ3) is 2.09. The largest absolute Gasteiger partial charge is 0.336 e. The molecule has 2 aliphatic rings. The van der Waals surface area contributed by atoms with Crippen molar-refractivity contribution in [1.82, 2.24) is 4.57 Å². The van der Waals surface area contributed by atoms with E-state index < -0.39 is 0 Å². The van der Waals surface area contributed by atoms with Crippen molar-refractivity contribution in [3.05, 3.63) is 94.6 Å². The molecule has 0 unspecified atom stereocenters. The molecule has 0 radical (unpaired) electrons. The number of rotatable bonds is 2. The summed E-state index contributed by atoms with van der Waals surface area (Å²) in [7, 11) is 0. The molecule has 0 spiro atoms. The quantitative estimate of drug-likeness (QED) is 0.507. The summed E-state index contributed by atoms with van der Waals surface area (Å²) in [6, 6.07) is 26.0. The van der Waals surface area contributed by atoms with Gasteiger partial charge in [-0.05, 0) is 35.2 Å². The summed E-state index contributed by atoms with van der Waals surface area (Å²) in [6.07, 6.45) is 0. The molecule has 1 heterocycles. The second kappa shape index (κ2) is 5.15. The van der Waals surface area contributed by atoms with E-state index in [0.29, 0.717) is 0 Å². The van der Waals surface area contributed by atoms with Gasteiger partial charge < -0.3 is 4.57 Å². The monoisotopic (exact) mass is 285 g/mol. The Labute approximate surface area is 128 Å². The van der Waals surface area contributed by atoms with Gasteiger partial charge in [-0.1, -0.05) is 54.6 Å². The van der Waals surface area contributed by atoms with Crippen molar-refractivity contribution in [1.29, 1.82) is 0 Å². The predicted octanol–water partition coefficient (Wildman–Crippen LogP) is 4.15. The number of benzene rings is 3. The Hall–Kier alpha value is -2.87. The molecule has 0 atom stereocenters. The van der Waals surface area contributed by atoms with Crippen molar-refractivity contribution in [2.45, 2.75) is 6.54 Å². The first-order valence-corrected chi connectivity index (χ1v) is 7.38. The van der Waals surface area contributed by atoms with Gasteiger partial charge in [0, 0.05) is 17.6 Å². The van der Waals surface area contributed by atoms with Crippen molar-refractivity contribution in [3.8, 4) is 11.3 Å². The van der Waals surface area contributed by atoms with Crippen molar-refractivity contribution < 1.29 is 0 Å². The Morgan fingerprint density at radius 2 is 1.55 bits per heavy atom. The fraction of sp³-hybridized carbons (Fsp3) is 0.0500. The molecule has 2 heteroatoms. The molecule has 0 bridgehead atoms. The van der Waals surface area contributed by atoms with Crippen LogP contribution in [0, 0.1) is 0 Å². The van der Waals surface area contributed by atoms with Gasteiger partial charge in [0.15, 0.2) is 5.43 Å². The van der Waals surface area contributed by atoms with E-state index >= 15 is 0 Å². The maximum atomic E-state index is 12.2. The van der Waals surface area contributed by atoms with Crippen LogP contribution in [-0.4, -0.2) is 4.57 Å². The van der Waals surface area contributed by atoms with Crippen LogP contribution < -0.4 is 5.43 Å². The summed E-state index contributed by atoms with van der Waals surface area (Å²) in [4.78, 5) is 12.2. The number of aromatic nitrogens is 1. The van der Waals surface area contributed by atoms with Gasteiger partial charge in [-0.25, -0.2) is 0 Å². The lowest BCUT2D eigenvalue weighted by atomic mass is 10.0. The van der Waals surface area contributed by atoms with Crippen molar-refractivity contribution in [3.63, 3.8) is 0 Å². The summed E-state index contributed by atoms with van der Waals surface area (Å²) in [5.41, 5.74) is 4.20. The third-order valence-electron chi connectivity index (χ3n) is 4.04. The molecule has 0 aromatic heterocycles. The molecule has 0 amide bonds. The lowest BCUT2D eigenvalue weighted by Crippen LogP contribution is -2.12. The summed E-state index contributed by atoms with van der Waals surface area (Å²) in [5, 5.41) is 1.09. The number of hydrogen-bond donors (Lipinski definition) is 0. The first kappa shape index (κ1) is 12.8. The molecule has 4 rings (SSSR count). The van der Waals surface area contributed by atoms with E-state index in [-0.39, 0.29) is 5.43 Å². The van der Waals surface area contributed by atoms with Crippen molar-refractivity contribution >= 4 is 10.9 Å². The highest BCUT2D eigenvalue weighted by Gasteiger charge is 2.13. The second-order valence-corrected chi connectivity index (χ2v) is 5.46. The molecular formula is C20H15NO. The van der Waals surface area contributed by atoms with Gasteiger partial charge in [0.2, 0.25) is 0 Å². The lowest BCUT2D eigenvalue weighted by Gasteiger charge is -2.19. The normalized spacial score (nSPS) is 11.1. The molecule has 0 fully saturated rings. The second-order valence-electron chi connectivity index (χ2n) is 5.46. The van der Waals surface area contributed by atoms with Crippen LogP contribution in [-0.2, 0) is 6.54 Å². The van der Waals surface area contributed by atoms with Crippen LogP contribution in [0.1, 0.15) is 5.56 Å². The summed E-state index contributed by atoms with van der Waals surface area (Å²) >= 11 is 0. The van der Waals surface area contributed by atoms with Gasteiger partial charge in [-0.2, -0.15) is 0 Å². The van der Waals surface area contributed by atoms with Crippen LogP contribution in [0.15, 0.2) is 83.7 Å². The molecule has 106 valence electrons. The van der Waals surface area contributed by atoms with Gasteiger partial charge in [-0.3, -0.25) is 4.79 Å². The van der Waals surface area contributed by atoms with Crippen LogP contribution in [0.3, 0.4) is 0 Å². The van der Waals surface area contributed by atoms with E-state index in [2.05, 4.69) is 28.8 Å². The number of nitrogens with zero attached hydrogens (tertiary/aromatic N) is 1. The molecule has 0 saturated heterocycles. The summed E-state index contributed by atoms with van der Waals surface area (Å²) in [5.74, 6) is 0. The van der Waals surface area contributed by atoms with E-state index in [4.69, 9.17) is 0 Å². The van der Waals surface area contributed by atoms with Crippen LogP contribution in [0.5, 0.6) is 0 Å². The molecule has 1 aliphatic carbocycles. The van der Waals surface area contributed by atoms with Gasteiger partial charge in [0.1, 0.15) is 0 Å². The molecule has 2 nitrogen and oxygen atoms in total. The average molecular weight is 285 g/mol. The van der Waals surface area contributed by atoms with E-state index in [9.17, 15) is 4.79 Å². The minimum Gasteiger partial charge on any atom is -0.336 e. The predicted molar refractivity (Wildman–Crippen MR) is 90.4 cm³/mol. The van der Waals surface area contributed by atoms with E-state index in [0.717, 1.165) is 28.7 Å². The standard InChI is InChI=1S/C20H15NO/c22-20-12-6-11-19-17(20)13-16-9-4-5-10-18(16)21(19)14-15-7-2-1-3-8-15/h1-13H,14H2. The highest BCUT2D eigenvalue weighted by molar-refractivity contribution is 5.86. The minimum absolute atomic E-state index is 0.0741. The van der Waals surface area contributed by atoms with Crippen LogP contribution in [0.25, 0.3) is 22.2 Å². The third-order valence-corrected chi connectivity index (χ3v) is 4.04. The summed E-state index contributed by atoms with van der Waals surface area (Å²) in [6.45, 7) is 0.752. The molecule has 1 aliphatic heterocycles. The Balaban J connectivity index is 2.04. The molecular weight excluding hydrogens is 270 g/mol. The first-order chi connectivity index (χ1) is 10.8. The maximum absolute atomic E-state index is 12.2. The lowest BCUT2D eigenvalue weighted by molar-refractivity contribution is 0.834. The zero-order valence-electron chi connectivity index (χ0n) is 12.1. The van der Waals surface area contributed by atoms with E-state index in [1.807, 2.05) is 48.5 Å². The van der Waals surface area contributed by atoms with Crippen molar-refractivity contribution in [2.75, 3.05) is 0 Å². The van der Waals surface area contributed by atoms with Gasteiger partial charge in [0.05, 0.1) is 5.69 Å². The average Bonchev–Trinajstić information content (AvgIpc) is 2.57. The Morgan fingerprint density at radius 3 is 2.41 bits per heavy atom. The number of pyridine rings is 1. The fourth-order valence-electron chi connectivity index (χ4n) is 2.99. The van der Waals surface area contributed by atoms with Crippen molar-refractivity contribution in [2.24, 2.45) is 0 Å². The van der Waals surface area contributed by atoms with Gasteiger partial charge >= 0.3 is 0 Å². The highest BCUT2D eigenvalue weighted by Crippen LogP contribution is 2.26. The Bertz CT molecular complexity index is 970. The molecule has 0 saturated carbocycles. The summed E-state index contributed by atoms with van der Waals surface area (Å²) < 4.78 is 2.22. The molecule has 2 aromatic carbocycles. The SMILES string of the molecule is O=c1cccc2n(Cc3ccccc3)c3ccccc3cc1-2. The number of hydrogen-bond acceptors (Lipinski definition) is 1. The van der Waals surface area contributed by atoms with Crippen LogP contribution >= 0.6 is 0 Å². The van der Waals surface area contributed by atoms with Crippen LogP contribution in [0.2, 0.25) is 0 Å². The first-order valence-electron chi connectivity index (χ1n) is 7.38. The Kier molecular flexibility index (Phi) is 3.01. The smallest absolute Gasteiger partial charge is 0.187 e. The maximum Gasteiger partial charge on any atom is 0.187 e. The molecule has 2 aromatic rings. The van der Waals surface area contributed by atoms with Gasteiger partial charge in [0.25, 0.3) is 0 Å². The minimum atomic E-state index is 0.0741.